The van der Waals surface area contributed by atoms with E-state index < -0.39 is 183 Å². The van der Waals surface area contributed by atoms with Crippen molar-refractivity contribution < 1.29 is 103 Å². The molecule has 4 aromatic heterocycles. The topological polar surface area (TPSA) is 625 Å². The molecule has 2 aliphatic rings. The Morgan fingerprint density at radius 1 is 0.781 bits per heavy atom. The molecule has 0 bridgehead atoms. The highest BCUT2D eigenvalue weighted by atomic mass is 32.2. The number of nitrogens with one attached hydrogen (secondary N) is 6. The number of amides is 8. The first-order valence-electron chi connectivity index (χ1n) is 29.8. The third-order valence-electron chi connectivity index (χ3n) is 15.2. The van der Waals surface area contributed by atoms with Crippen molar-refractivity contribution >= 4 is 86.8 Å². The molecule has 0 aromatic carbocycles. The molecule has 19 atom stereocenters. The van der Waals surface area contributed by atoms with Crippen LogP contribution in [-0.2, 0) is 65.0 Å². The number of hydrogen-bond acceptors (Lipinski definition) is 31. The molecule has 38 nitrogen and oxygen atoms in total. The number of aliphatic hydroxyl groups excluding tert-OH is 8. The summed E-state index contributed by atoms with van der Waals surface area (Å²) < 4.78 is 28.7. The molecule has 6 rings (SSSR count). The van der Waals surface area contributed by atoms with Crippen LogP contribution in [0.5, 0.6) is 0 Å². The number of rotatable bonds is 35. The van der Waals surface area contributed by atoms with Crippen LogP contribution in [0.25, 0.3) is 10.7 Å². The van der Waals surface area contributed by atoms with Crippen molar-refractivity contribution in [2.45, 2.75) is 157 Å². The summed E-state index contributed by atoms with van der Waals surface area (Å²) in [4.78, 5) is 132. The molecule has 8 amide bonds. The molecule has 0 spiro atoms. The van der Waals surface area contributed by atoms with Gasteiger partial charge >= 0.3 is 6.09 Å². The van der Waals surface area contributed by atoms with E-state index in [9.17, 15) is 74.4 Å². The summed E-state index contributed by atoms with van der Waals surface area (Å²) in [5.41, 5.74) is 27.9. The van der Waals surface area contributed by atoms with Gasteiger partial charge in [-0.1, -0.05) is 19.4 Å². The number of aromatic nitrogens is 6. The number of imidazole rings is 1. The van der Waals surface area contributed by atoms with Gasteiger partial charge in [-0.2, -0.15) is 0 Å². The minimum absolute atomic E-state index is 0.00721. The Kier molecular flexibility index (Phi) is 29.0. The number of nitrogens with two attached hydrogens (primary N) is 5. The van der Waals surface area contributed by atoms with Crippen LogP contribution in [0.1, 0.15) is 88.8 Å². The highest BCUT2D eigenvalue weighted by Gasteiger charge is 2.53. The second kappa shape index (κ2) is 35.8. The molecule has 532 valence electrons. The molecule has 2 fully saturated rings. The van der Waals surface area contributed by atoms with Crippen LogP contribution in [0, 0.1) is 12.8 Å². The number of thiazole rings is 2. The number of primary amides is 3. The molecular formula is C55H83N17O21S3. The average Bonchev–Trinajstić information content (AvgIpc) is 0.885. The second-order valence-corrected chi connectivity index (χ2v) is 26.9. The molecular weight excluding hydrogens is 1330 g/mol. The highest BCUT2D eigenvalue weighted by molar-refractivity contribution is 7.95. The number of carbonyl (C=O) groups is 8. The van der Waals surface area contributed by atoms with Gasteiger partial charge in [0.25, 0.3) is 11.8 Å². The van der Waals surface area contributed by atoms with Crippen molar-refractivity contribution in [1.29, 1.82) is 0 Å². The van der Waals surface area contributed by atoms with Crippen LogP contribution in [0.4, 0.5) is 10.6 Å². The molecule has 41 heteroatoms. The zero-order valence-corrected chi connectivity index (χ0v) is 55.3. The SMILES string of the molecule is Cc1c(N)nc([C@H](CC(N)=O)NC[C@H](N)C(N)=O)nc1C(=O)N[C@H](C(=O)N[C@H](C)[C@@H](O)[C@H](C)C(=O)N[C@H](C(=O)NCCc1nc(-c2nc(C(=O)NCCC[S+](C)C)cs2)cs1)[C@@H](C)O)[C@@H](O[C@H]1O[C@H](CO)[C@H](O)[C@@H](O)[C@H]1O[C@@H]1O[C@@H](CO)[C@H](O)[C@@H](OC(N)=O)[C@H]1O)c1c[n-]cn1. The maximum atomic E-state index is 15.2. The number of carbonyl (C=O) groups excluding carboxylic acids is 8. The van der Waals surface area contributed by atoms with E-state index in [4.69, 9.17) is 52.4 Å². The second-order valence-electron chi connectivity index (χ2n) is 22.8. The lowest BCUT2D eigenvalue weighted by Gasteiger charge is -2.47. The van der Waals surface area contributed by atoms with Gasteiger partial charge in [-0.05, 0) is 37.4 Å². The summed E-state index contributed by atoms with van der Waals surface area (Å²) in [6.45, 7) is 3.14. The van der Waals surface area contributed by atoms with E-state index in [1.807, 2.05) is 0 Å². The number of aliphatic hydroxyl groups is 8. The Morgan fingerprint density at radius 3 is 2.09 bits per heavy atom. The molecule has 96 heavy (non-hydrogen) atoms. The number of ether oxygens (including phenoxy) is 5. The lowest BCUT2D eigenvalue weighted by atomic mass is 9.96. The van der Waals surface area contributed by atoms with Crippen LogP contribution >= 0.6 is 22.7 Å². The standard InChI is InChI=1S/C55H83N17O21S3/c1-20-33(69-46(72-44(20)58)25(12-31(57)76)64-13-24(56)45(59)82)50(86)71-35(41(26-14-61-19-65-26)91-54-43(39(80)37(78)29(15-73)90-54)92-53-40(81)42(93-55(60)88)38(79)30(16-74)89-53)51(87)66-22(3)36(77)21(2)47(83)70-34(23(4)75)49(85)63-10-8-32-67-28(18-94-32)52-68-27(17-95-52)48(84)62-9-7-11-96(5)6/h14,17-19,21-25,29-30,34-43,53-54,64,73-75,77-81H,7-13,15-16,56H2,1-6H3,(H13-,57,58,59,60,61,62,63,65,66,69,70,71,72,76,82,83,84,85,86,87,88)/t21-,22+,23+,24-,25-,29+,30-,34-,35-,36-,37-,38-,39+,40+,41-,42+,43+,53-,54+/m0/s1. The third kappa shape index (κ3) is 20.6. The number of hydrogen-bond donors (Lipinski definition) is 19. The molecule has 2 aliphatic heterocycles. The summed E-state index contributed by atoms with van der Waals surface area (Å²) in [6.07, 6.45) is -20.3. The largest absolute Gasteiger partial charge is 0.449 e. The van der Waals surface area contributed by atoms with Gasteiger partial charge in [-0.15, -0.1) is 22.7 Å². The van der Waals surface area contributed by atoms with E-state index >= 15 is 4.79 Å². The predicted molar refractivity (Wildman–Crippen MR) is 338 cm³/mol. The number of nitrogen functional groups attached to an aromatic ring is 1. The Morgan fingerprint density at radius 2 is 1.47 bits per heavy atom. The maximum Gasteiger partial charge on any atom is 0.404 e. The summed E-state index contributed by atoms with van der Waals surface area (Å²) in [5.74, 6) is -7.76. The lowest BCUT2D eigenvalue weighted by molar-refractivity contribution is -0.372. The van der Waals surface area contributed by atoms with Gasteiger partial charge in [0, 0.05) is 55.2 Å². The van der Waals surface area contributed by atoms with E-state index in [0.717, 1.165) is 24.7 Å². The normalized spacial score (nSPS) is 24.0. The van der Waals surface area contributed by atoms with Crippen LogP contribution < -0.4 is 65.6 Å². The van der Waals surface area contributed by atoms with Crippen molar-refractivity contribution in [3.8, 4) is 10.7 Å². The highest BCUT2D eigenvalue weighted by Crippen LogP contribution is 2.35. The van der Waals surface area contributed by atoms with Crippen LogP contribution in [0.15, 0.2) is 23.3 Å². The molecule has 2 saturated heterocycles. The van der Waals surface area contributed by atoms with Gasteiger partial charge in [0.2, 0.25) is 29.5 Å². The van der Waals surface area contributed by atoms with E-state index in [2.05, 4.69) is 74.3 Å². The van der Waals surface area contributed by atoms with Gasteiger partial charge in [0.15, 0.2) is 18.7 Å². The van der Waals surface area contributed by atoms with Gasteiger partial charge in [-0.25, -0.2) is 24.7 Å². The smallest absolute Gasteiger partial charge is 0.404 e. The zero-order valence-electron chi connectivity index (χ0n) is 52.8. The van der Waals surface area contributed by atoms with Crippen molar-refractivity contribution in [2.75, 3.05) is 56.8 Å². The minimum atomic E-state index is -2.21. The molecule has 0 saturated carbocycles. The van der Waals surface area contributed by atoms with Crippen LogP contribution in [0.2, 0.25) is 0 Å². The third-order valence-corrected chi connectivity index (χ3v) is 18.1. The molecule has 24 N–H and O–H groups in total. The number of nitrogens with zero attached hydrogens (tertiary/aromatic N) is 6. The van der Waals surface area contributed by atoms with E-state index in [-0.39, 0.29) is 64.9 Å². The van der Waals surface area contributed by atoms with Gasteiger partial charge in [0.05, 0.1) is 67.0 Å². The van der Waals surface area contributed by atoms with Crippen molar-refractivity contribution in [3.05, 3.63) is 56.8 Å². The molecule has 0 unspecified atom stereocenters. The quantitative estimate of drug-likeness (QED) is 0.0150. The Bertz CT molecular complexity index is 3280. The van der Waals surface area contributed by atoms with E-state index in [1.54, 1.807) is 10.8 Å². The Labute approximate surface area is 559 Å². The monoisotopic (exact) mass is 1410 g/mol. The summed E-state index contributed by atoms with van der Waals surface area (Å²) in [7, 11) is 0.253. The van der Waals surface area contributed by atoms with Crippen LogP contribution in [-0.4, -0.2) is 262 Å². The minimum Gasteiger partial charge on any atom is -0.449 e. The fourth-order valence-electron chi connectivity index (χ4n) is 9.75. The molecule has 0 radical (unpaired) electrons. The van der Waals surface area contributed by atoms with Gasteiger partial charge in [0.1, 0.15) is 100 Å². The fraction of sp³-hybridized carbons (Fsp3) is 0.618. The average molecular weight is 1410 g/mol. The first-order valence-corrected chi connectivity index (χ1v) is 33.8. The molecule has 6 heterocycles. The predicted octanol–water partition coefficient (Wildman–Crippen LogP) is -8.07. The van der Waals surface area contributed by atoms with Crippen LogP contribution in [0.3, 0.4) is 0 Å². The van der Waals surface area contributed by atoms with Crippen molar-refractivity contribution in [2.24, 2.45) is 28.9 Å². The van der Waals surface area contributed by atoms with Gasteiger partial charge in [-0.3, -0.25) is 33.6 Å². The Balaban J connectivity index is 1.26. The number of anilines is 1. The zero-order chi connectivity index (χ0) is 71.0. The summed E-state index contributed by atoms with van der Waals surface area (Å²) in [5, 5.41) is 108. The molecule has 0 aliphatic carbocycles. The summed E-state index contributed by atoms with van der Waals surface area (Å²) >= 11 is 2.52. The van der Waals surface area contributed by atoms with Gasteiger partial charge < -0.3 is 135 Å². The summed E-state index contributed by atoms with van der Waals surface area (Å²) in [6, 6.07) is -7.90. The lowest BCUT2D eigenvalue weighted by Crippen LogP contribution is -2.65. The van der Waals surface area contributed by atoms with E-state index in [1.165, 1.54) is 50.4 Å². The van der Waals surface area contributed by atoms with Crippen molar-refractivity contribution in [3.63, 3.8) is 0 Å². The first-order chi connectivity index (χ1) is 45.3. The molecule has 4 aromatic rings. The maximum absolute atomic E-state index is 15.2. The Hall–Kier alpha value is -7.30. The fourth-order valence-corrected chi connectivity index (χ4v) is 12.1. The first kappa shape index (κ1) is 77.7. The van der Waals surface area contributed by atoms with E-state index in [0.29, 0.717) is 22.3 Å². The van der Waals surface area contributed by atoms with Crippen molar-refractivity contribution in [1.82, 2.24) is 61.8 Å².